The number of aromatic nitrogens is 2. The van der Waals surface area contributed by atoms with E-state index in [1.54, 1.807) is 11.3 Å². The number of amides is 1. The maximum absolute atomic E-state index is 13.0. The summed E-state index contributed by atoms with van der Waals surface area (Å²) in [6.07, 6.45) is 4.23. The normalized spacial score (nSPS) is 23.3. The molecule has 1 amide bonds. The van der Waals surface area contributed by atoms with Gasteiger partial charge in [0.05, 0.1) is 23.7 Å². The zero-order valence-corrected chi connectivity index (χ0v) is 16.4. The Morgan fingerprint density at radius 2 is 2.11 bits per heavy atom. The lowest BCUT2D eigenvalue weighted by atomic mass is 9.94. The number of piperidine rings is 1. The molecule has 3 aliphatic rings. The molecule has 0 spiro atoms. The van der Waals surface area contributed by atoms with E-state index in [1.165, 1.54) is 16.5 Å². The van der Waals surface area contributed by atoms with Gasteiger partial charge in [0.2, 0.25) is 5.91 Å². The smallest absolute Gasteiger partial charge is 0.227 e. The minimum absolute atomic E-state index is 0.126. The molecule has 0 N–H and O–H groups in total. The summed E-state index contributed by atoms with van der Waals surface area (Å²) in [6.45, 7) is 3.39. The molecule has 140 valence electrons. The lowest BCUT2D eigenvalue weighted by Crippen LogP contribution is -2.47. The molecule has 0 radical (unpaired) electrons. The van der Waals surface area contributed by atoms with Crippen molar-refractivity contribution in [3.8, 4) is 0 Å². The Hall–Kier alpha value is -2.18. The van der Waals surface area contributed by atoms with Gasteiger partial charge in [-0.2, -0.15) is 0 Å². The van der Waals surface area contributed by atoms with Gasteiger partial charge >= 0.3 is 0 Å². The van der Waals surface area contributed by atoms with E-state index >= 15 is 0 Å². The van der Waals surface area contributed by atoms with Crippen molar-refractivity contribution in [1.29, 1.82) is 0 Å². The second kappa shape index (κ2) is 6.77. The molecule has 27 heavy (non-hydrogen) atoms. The molecule has 0 unspecified atom stereocenters. The molecule has 3 fully saturated rings. The molecular weight excluding hydrogens is 356 g/mol. The molecule has 2 atom stereocenters. The van der Waals surface area contributed by atoms with Crippen molar-refractivity contribution in [3.63, 3.8) is 0 Å². The summed E-state index contributed by atoms with van der Waals surface area (Å²) in [7, 11) is 2.09. The van der Waals surface area contributed by atoms with Crippen LogP contribution in [0.25, 0.3) is 10.9 Å². The fraction of sp³-hybridized carbons (Fsp3) is 0.429. The van der Waals surface area contributed by atoms with Gasteiger partial charge in [0.15, 0.2) is 0 Å². The van der Waals surface area contributed by atoms with E-state index in [0.29, 0.717) is 18.5 Å². The van der Waals surface area contributed by atoms with Crippen LogP contribution in [0.5, 0.6) is 0 Å². The van der Waals surface area contributed by atoms with E-state index in [9.17, 15) is 4.79 Å². The second-order valence-corrected chi connectivity index (χ2v) is 8.61. The summed E-state index contributed by atoms with van der Waals surface area (Å²) in [4.78, 5) is 21.9. The first-order valence-corrected chi connectivity index (χ1v) is 10.6. The lowest BCUT2D eigenvalue weighted by Gasteiger charge is -2.35. The average Bonchev–Trinajstić information content (AvgIpc) is 3.22. The van der Waals surface area contributed by atoms with Gasteiger partial charge in [-0.3, -0.25) is 9.69 Å². The van der Waals surface area contributed by atoms with Crippen LogP contribution < -0.4 is 0 Å². The van der Waals surface area contributed by atoms with Crippen LogP contribution in [0, 0.1) is 5.92 Å². The molecular formula is C21H24N4OS. The summed E-state index contributed by atoms with van der Waals surface area (Å²) < 4.78 is 2.17. The summed E-state index contributed by atoms with van der Waals surface area (Å²) in [5.41, 5.74) is 5.46. The van der Waals surface area contributed by atoms with Crippen LogP contribution in [0.2, 0.25) is 0 Å². The predicted molar refractivity (Wildman–Crippen MR) is 107 cm³/mol. The van der Waals surface area contributed by atoms with Crippen molar-refractivity contribution < 1.29 is 4.79 Å². The summed E-state index contributed by atoms with van der Waals surface area (Å²) >= 11 is 1.60. The maximum Gasteiger partial charge on any atom is 0.227 e. The standard InChI is InChI=1S/C21H24N4OS/c1-23-7-6-16-3-2-15(8-20(16)23)9-24-10-17-4-5-19(12-24)25(21(17)26)11-18-13-27-14-22-18/h2-3,6-8,13-14,17,19H,4-5,9-12H2,1H3/t17-,19+/m1/s1. The fourth-order valence-corrected chi connectivity index (χ4v) is 5.17. The first-order valence-electron chi connectivity index (χ1n) is 9.61. The van der Waals surface area contributed by atoms with Gasteiger partial charge in [0.25, 0.3) is 0 Å². The number of benzene rings is 1. The van der Waals surface area contributed by atoms with Gasteiger partial charge in [-0.1, -0.05) is 12.1 Å². The van der Waals surface area contributed by atoms with Crippen molar-refractivity contribution in [2.75, 3.05) is 13.1 Å². The van der Waals surface area contributed by atoms with Crippen LogP contribution >= 0.6 is 11.3 Å². The third-order valence-corrected chi connectivity index (χ3v) is 6.68. The monoisotopic (exact) mass is 380 g/mol. The van der Waals surface area contributed by atoms with E-state index in [2.05, 4.69) is 62.2 Å². The van der Waals surface area contributed by atoms with Crippen molar-refractivity contribution in [2.24, 2.45) is 13.0 Å². The Morgan fingerprint density at radius 3 is 2.96 bits per heavy atom. The van der Waals surface area contributed by atoms with Gasteiger partial charge in [0.1, 0.15) is 0 Å². The topological polar surface area (TPSA) is 41.4 Å². The largest absolute Gasteiger partial charge is 0.351 e. The number of thiazole rings is 1. The van der Waals surface area contributed by atoms with Crippen LogP contribution in [-0.2, 0) is 24.9 Å². The van der Waals surface area contributed by atoms with Crippen molar-refractivity contribution in [3.05, 3.63) is 52.6 Å². The van der Waals surface area contributed by atoms with Crippen molar-refractivity contribution >= 4 is 28.1 Å². The van der Waals surface area contributed by atoms with Crippen molar-refractivity contribution in [1.82, 2.24) is 19.4 Å². The summed E-state index contributed by atoms with van der Waals surface area (Å²) in [5, 5.41) is 3.33. The number of hydrogen-bond acceptors (Lipinski definition) is 4. The Bertz CT molecular complexity index is 964. The fourth-order valence-electron chi connectivity index (χ4n) is 4.62. The molecule has 6 heteroatoms. The predicted octanol–water partition coefficient (Wildman–Crippen LogP) is 3.26. The first kappa shape index (κ1) is 17.0. The number of carbonyl (C=O) groups excluding carboxylic acids is 1. The van der Waals surface area contributed by atoms with Gasteiger partial charge in [-0.25, -0.2) is 4.98 Å². The molecule has 2 aromatic heterocycles. The third kappa shape index (κ3) is 3.17. The quantitative estimate of drug-likeness (QED) is 0.698. The number of hydrogen-bond donors (Lipinski definition) is 0. The molecule has 3 saturated heterocycles. The summed E-state index contributed by atoms with van der Waals surface area (Å²) in [5.74, 6) is 0.445. The number of aryl methyl sites for hydroxylation is 1. The number of rotatable bonds is 4. The van der Waals surface area contributed by atoms with Gasteiger partial charge in [-0.15, -0.1) is 11.3 Å². The minimum atomic E-state index is 0.126. The number of carbonyl (C=O) groups is 1. The Kier molecular flexibility index (Phi) is 4.25. The summed E-state index contributed by atoms with van der Waals surface area (Å²) in [6, 6.07) is 9.18. The Labute approximate surface area is 163 Å². The molecule has 3 aliphatic heterocycles. The average molecular weight is 381 g/mol. The highest BCUT2D eigenvalue weighted by Gasteiger charge is 2.40. The molecule has 5 nitrogen and oxygen atoms in total. The van der Waals surface area contributed by atoms with Crippen LogP contribution in [0.1, 0.15) is 24.1 Å². The molecule has 0 aliphatic carbocycles. The zero-order valence-electron chi connectivity index (χ0n) is 15.5. The second-order valence-electron chi connectivity index (χ2n) is 7.89. The molecule has 5 heterocycles. The van der Waals surface area contributed by atoms with Crippen LogP contribution in [0.3, 0.4) is 0 Å². The van der Waals surface area contributed by atoms with Crippen molar-refractivity contribution in [2.45, 2.75) is 32.0 Å². The number of nitrogens with zero attached hydrogens (tertiary/aromatic N) is 4. The lowest BCUT2D eigenvalue weighted by molar-refractivity contribution is -0.140. The van der Waals surface area contributed by atoms with Crippen LogP contribution in [-0.4, -0.2) is 44.4 Å². The van der Waals surface area contributed by atoms with E-state index in [0.717, 1.165) is 38.2 Å². The van der Waals surface area contributed by atoms with E-state index < -0.39 is 0 Å². The molecule has 0 saturated carbocycles. The highest BCUT2D eigenvalue weighted by molar-refractivity contribution is 7.07. The number of fused-ring (bicyclic) bond motifs is 5. The molecule has 6 rings (SSSR count). The Balaban J connectivity index is 1.35. The van der Waals surface area contributed by atoms with E-state index in [-0.39, 0.29) is 5.92 Å². The third-order valence-electron chi connectivity index (χ3n) is 6.04. The highest BCUT2D eigenvalue weighted by Crippen LogP contribution is 2.31. The minimum Gasteiger partial charge on any atom is -0.351 e. The SMILES string of the molecule is Cn1ccc2ccc(CN3C[C@H]4CC[C@@H](C3)N(Cc3cscn3)C4=O)cc21. The zero-order chi connectivity index (χ0) is 18.4. The van der Waals surface area contributed by atoms with Gasteiger partial charge in [-0.05, 0) is 35.9 Å². The van der Waals surface area contributed by atoms with Gasteiger partial charge in [0, 0.05) is 49.8 Å². The maximum atomic E-state index is 13.0. The highest BCUT2D eigenvalue weighted by atomic mass is 32.1. The molecule has 3 aromatic rings. The van der Waals surface area contributed by atoms with E-state index in [1.807, 2.05) is 5.51 Å². The first-order chi connectivity index (χ1) is 13.2. The van der Waals surface area contributed by atoms with Gasteiger partial charge < -0.3 is 9.47 Å². The molecule has 2 bridgehead atoms. The van der Waals surface area contributed by atoms with E-state index in [4.69, 9.17) is 0 Å². The molecule has 1 aromatic carbocycles. The van der Waals surface area contributed by atoms with Crippen LogP contribution in [0.15, 0.2) is 41.4 Å². The van der Waals surface area contributed by atoms with Crippen LogP contribution in [0.4, 0.5) is 0 Å². The Morgan fingerprint density at radius 1 is 1.19 bits per heavy atom.